The van der Waals surface area contributed by atoms with Gasteiger partial charge in [0.25, 0.3) is 5.22 Å². The van der Waals surface area contributed by atoms with Gasteiger partial charge in [0.2, 0.25) is 5.89 Å². The second kappa shape index (κ2) is 8.96. The number of unbranched alkanes of at least 4 members (excludes halogenated alkanes) is 3. The van der Waals surface area contributed by atoms with Crippen LogP contribution in [0.1, 0.15) is 25.7 Å². The monoisotopic (exact) mass is 319 g/mol. The molecule has 0 spiro atoms. The van der Waals surface area contributed by atoms with Gasteiger partial charge in [0.05, 0.1) is 6.61 Å². The molecule has 0 saturated carbocycles. The van der Waals surface area contributed by atoms with Gasteiger partial charge in [0, 0.05) is 17.0 Å². The number of nitrogens with zero attached hydrogens (tertiary/aromatic N) is 5. The summed E-state index contributed by atoms with van der Waals surface area (Å²) in [5, 5.41) is 11.3. The van der Waals surface area contributed by atoms with E-state index in [1.165, 1.54) is 0 Å². The van der Waals surface area contributed by atoms with Crippen LogP contribution in [-0.2, 0) is 0 Å². The van der Waals surface area contributed by atoms with Gasteiger partial charge in [0.1, 0.15) is 5.75 Å². The Morgan fingerprint density at radius 2 is 1.91 bits per heavy atom. The van der Waals surface area contributed by atoms with Crippen molar-refractivity contribution in [2.45, 2.75) is 30.9 Å². The van der Waals surface area contributed by atoms with E-state index in [4.69, 9.17) is 14.7 Å². The van der Waals surface area contributed by atoms with Crippen LogP contribution >= 0.6 is 12.6 Å². The third kappa shape index (κ3) is 5.31. The lowest BCUT2D eigenvalue weighted by Gasteiger charge is -2.06. The first-order chi connectivity index (χ1) is 10.8. The summed E-state index contributed by atoms with van der Waals surface area (Å²) < 4.78 is 10.9. The molecule has 1 aromatic carbocycles. The molecule has 0 unspecified atom stereocenters. The molecule has 2 rings (SSSR count). The van der Waals surface area contributed by atoms with Gasteiger partial charge in [-0.2, -0.15) is 0 Å². The van der Waals surface area contributed by atoms with Crippen molar-refractivity contribution >= 4 is 12.6 Å². The lowest BCUT2D eigenvalue weighted by atomic mass is 10.2. The van der Waals surface area contributed by atoms with Gasteiger partial charge in [0.15, 0.2) is 0 Å². The minimum absolute atomic E-state index is 0.246. The molecule has 2 aromatic rings. The number of azide groups is 1. The first kappa shape index (κ1) is 16.2. The summed E-state index contributed by atoms with van der Waals surface area (Å²) >= 11 is 3.98. The van der Waals surface area contributed by atoms with Crippen molar-refractivity contribution in [3.05, 3.63) is 34.7 Å². The van der Waals surface area contributed by atoms with Gasteiger partial charge >= 0.3 is 0 Å². The number of benzene rings is 1. The van der Waals surface area contributed by atoms with E-state index in [9.17, 15) is 0 Å². The Kier molecular flexibility index (Phi) is 6.60. The zero-order valence-corrected chi connectivity index (χ0v) is 12.9. The van der Waals surface area contributed by atoms with Crippen molar-refractivity contribution in [1.82, 2.24) is 10.2 Å². The van der Waals surface area contributed by atoms with Crippen LogP contribution in [0.5, 0.6) is 5.75 Å². The number of thiol groups is 1. The van der Waals surface area contributed by atoms with Gasteiger partial charge in [-0.25, -0.2) is 0 Å². The summed E-state index contributed by atoms with van der Waals surface area (Å²) in [5.41, 5.74) is 8.98. The normalized spacial score (nSPS) is 10.2. The minimum Gasteiger partial charge on any atom is -0.494 e. The van der Waals surface area contributed by atoms with Crippen molar-refractivity contribution in [2.24, 2.45) is 5.11 Å². The molecule has 1 aromatic heterocycles. The zero-order valence-electron chi connectivity index (χ0n) is 12.1. The van der Waals surface area contributed by atoms with Gasteiger partial charge < -0.3 is 9.15 Å². The highest BCUT2D eigenvalue weighted by Crippen LogP contribution is 2.22. The third-order valence-corrected chi connectivity index (χ3v) is 3.18. The standard InChI is InChI=1S/C14H17N5O2S/c15-19-16-9-3-1-2-4-10-20-12-7-5-11(6-8-12)13-17-18-14(22)21-13/h5-8H,1-4,9-10H2,(H,18,22). The maximum atomic E-state index is 8.15. The Hall–Kier alpha value is -2.18. The predicted molar refractivity (Wildman–Crippen MR) is 85.0 cm³/mol. The minimum atomic E-state index is 0.246. The molecule has 0 atom stereocenters. The fraction of sp³-hybridized carbons (Fsp3) is 0.429. The Morgan fingerprint density at radius 3 is 2.59 bits per heavy atom. The summed E-state index contributed by atoms with van der Waals surface area (Å²) in [7, 11) is 0. The van der Waals surface area contributed by atoms with Crippen LogP contribution < -0.4 is 4.74 Å². The van der Waals surface area contributed by atoms with E-state index in [0.717, 1.165) is 37.0 Å². The molecule has 0 saturated heterocycles. The SMILES string of the molecule is [N-]=[N+]=NCCCCCCOc1ccc(-c2nnc(S)o2)cc1. The van der Waals surface area contributed by atoms with Crippen molar-refractivity contribution in [3.8, 4) is 17.2 Å². The topological polar surface area (TPSA) is 96.9 Å². The molecule has 0 aliphatic carbocycles. The van der Waals surface area contributed by atoms with Gasteiger partial charge in [-0.05, 0) is 42.6 Å². The zero-order chi connectivity index (χ0) is 15.6. The van der Waals surface area contributed by atoms with E-state index < -0.39 is 0 Å². The summed E-state index contributed by atoms with van der Waals surface area (Å²) in [6.07, 6.45) is 4.01. The third-order valence-electron chi connectivity index (χ3n) is 3.00. The van der Waals surface area contributed by atoms with E-state index >= 15 is 0 Å². The summed E-state index contributed by atoms with van der Waals surface area (Å²) in [6.45, 7) is 1.24. The van der Waals surface area contributed by atoms with Crippen LogP contribution in [-0.4, -0.2) is 23.3 Å². The molecule has 1 heterocycles. The number of ether oxygens (including phenoxy) is 1. The van der Waals surface area contributed by atoms with Crippen molar-refractivity contribution in [3.63, 3.8) is 0 Å². The van der Waals surface area contributed by atoms with E-state index in [0.29, 0.717) is 19.0 Å². The van der Waals surface area contributed by atoms with E-state index in [-0.39, 0.29) is 5.22 Å². The molecule has 22 heavy (non-hydrogen) atoms. The molecule has 0 aliphatic heterocycles. The highest BCUT2D eigenvalue weighted by Gasteiger charge is 2.06. The number of rotatable bonds is 9. The maximum Gasteiger partial charge on any atom is 0.273 e. The van der Waals surface area contributed by atoms with Crippen molar-refractivity contribution in [2.75, 3.05) is 13.2 Å². The molecule has 0 fully saturated rings. The molecule has 0 N–H and O–H groups in total. The van der Waals surface area contributed by atoms with E-state index in [1.54, 1.807) is 0 Å². The molecule has 7 nitrogen and oxygen atoms in total. The smallest absolute Gasteiger partial charge is 0.273 e. The molecule has 0 radical (unpaired) electrons. The summed E-state index contributed by atoms with van der Waals surface area (Å²) in [6, 6.07) is 7.49. The fourth-order valence-corrected chi connectivity index (χ4v) is 2.03. The van der Waals surface area contributed by atoms with Crippen molar-refractivity contribution < 1.29 is 9.15 Å². The second-order valence-corrected chi connectivity index (χ2v) is 5.01. The van der Waals surface area contributed by atoms with Crippen LogP contribution in [0.4, 0.5) is 0 Å². The van der Waals surface area contributed by atoms with Gasteiger partial charge in [-0.1, -0.05) is 30.6 Å². The number of hydrogen-bond acceptors (Lipinski definition) is 6. The summed E-state index contributed by atoms with van der Waals surface area (Å²) in [5.74, 6) is 1.25. The molecule has 116 valence electrons. The lowest BCUT2D eigenvalue weighted by molar-refractivity contribution is 0.305. The molecule has 0 bridgehead atoms. The van der Waals surface area contributed by atoms with Crippen LogP contribution in [0, 0.1) is 0 Å². The largest absolute Gasteiger partial charge is 0.494 e. The Morgan fingerprint density at radius 1 is 1.14 bits per heavy atom. The second-order valence-electron chi connectivity index (χ2n) is 4.63. The molecular formula is C14H17N5O2S. The molecule has 8 heteroatoms. The van der Waals surface area contributed by atoms with Gasteiger partial charge in [-0.3, -0.25) is 0 Å². The first-order valence-electron chi connectivity index (χ1n) is 7.06. The molecule has 0 aliphatic rings. The Balaban J connectivity index is 1.67. The Labute approximate surface area is 133 Å². The van der Waals surface area contributed by atoms with Crippen molar-refractivity contribution in [1.29, 1.82) is 0 Å². The molecule has 0 amide bonds. The van der Waals surface area contributed by atoms with Crippen LogP contribution in [0.3, 0.4) is 0 Å². The highest BCUT2D eigenvalue weighted by atomic mass is 32.1. The average molecular weight is 319 g/mol. The predicted octanol–water partition coefficient (Wildman–Crippen LogP) is 4.27. The number of aromatic nitrogens is 2. The van der Waals surface area contributed by atoms with E-state index in [1.807, 2.05) is 24.3 Å². The quantitative estimate of drug-likeness (QED) is 0.245. The Bertz CT molecular complexity index is 622. The average Bonchev–Trinajstić information content (AvgIpc) is 2.97. The van der Waals surface area contributed by atoms with Crippen LogP contribution in [0.25, 0.3) is 21.9 Å². The van der Waals surface area contributed by atoms with Crippen LogP contribution in [0.15, 0.2) is 39.0 Å². The molecular weight excluding hydrogens is 302 g/mol. The fourth-order valence-electron chi connectivity index (χ4n) is 1.90. The highest BCUT2D eigenvalue weighted by molar-refractivity contribution is 7.80. The summed E-state index contributed by atoms with van der Waals surface area (Å²) in [4.78, 5) is 2.72. The van der Waals surface area contributed by atoms with Crippen LogP contribution in [0.2, 0.25) is 0 Å². The maximum absolute atomic E-state index is 8.15. The number of hydrogen-bond donors (Lipinski definition) is 1. The lowest BCUT2D eigenvalue weighted by Crippen LogP contribution is -1.97. The van der Waals surface area contributed by atoms with E-state index in [2.05, 4.69) is 32.9 Å². The van der Waals surface area contributed by atoms with Gasteiger partial charge in [-0.15, -0.1) is 10.2 Å². The first-order valence-corrected chi connectivity index (χ1v) is 7.51.